The van der Waals surface area contributed by atoms with E-state index in [1.54, 1.807) is 13.0 Å². The summed E-state index contributed by atoms with van der Waals surface area (Å²) in [6, 6.07) is 0. The van der Waals surface area contributed by atoms with E-state index in [1.165, 1.54) is 5.57 Å². The highest BCUT2D eigenvalue weighted by Gasteiger charge is 2.02. The summed E-state index contributed by atoms with van der Waals surface area (Å²) in [4.78, 5) is 0. The van der Waals surface area contributed by atoms with Gasteiger partial charge in [0.05, 0.1) is 0 Å². The van der Waals surface area contributed by atoms with E-state index >= 15 is 0 Å². The van der Waals surface area contributed by atoms with Gasteiger partial charge in [0.2, 0.25) is 6.61 Å². The largest absolute Gasteiger partial charge is 0.348 e. The van der Waals surface area contributed by atoms with Crippen LogP contribution in [0.4, 0.5) is 0 Å². The third-order valence-corrected chi connectivity index (χ3v) is 1.01. The van der Waals surface area contributed by atoms with E-state index in [1.807, 2.05) is 13.8 Å². The zero-order chi connectivity index (χ0) is 5.98. The fourth-order valence-electron chi connectivity index (χ4n) is 0.496. The van der Waals surface area contributed by atoms with Crippen LogP contribution in [0.3, 0.4) is 0 Å². The molecule has 0 aromatic carbocycles. The first-order chi connectivity index (χ1) is 3.80. The molecule has 0 unspecified atom stereocenters. The van der Waals surface area contributed by atoms with E-state index < -0.39 is 0 Å². The molecule has 0 bridgehead atoms. The van der Waals surface area contributed by atoms with Gasteiger partial charge in [-0.25, -0.2) is 0 Å². The SMILES string of the molecule is CC(C)=C1[CH-][O+]=CN1. The Kier molecular flexibility index (Phi) is 1.24. The third kappa shape index (κ3) is 0.832. The van der Waals surface area contributed by atoms with Gasteiger partial charge in [-0.2, -0.15) is 0 Å². The summed E-state index contributed by atoms with van der Waals surface area (Å²) in [5.74, 6) is 0. The predicted octanol–water partition coefficient (Wildman–Crippen LogP) is 0.737. The van der Waals surface area contributed by atoms with E-state index in [0.29, 0.717) is 0 Å². The number of amides is 1. The summed E-state index contributed by atoms with van der Waals surface area (Å²) in [5, 5.41) is 2.93. The van der Waals surface area contributed by atoms with Crippen molar-refractivity contribution in [2.24, 2.45) is 0 Å². The van der Waals surface area contributed by atoms with E-state index in [0.717, 1.165) is 5.70 Å². The van der Waals surface area contributed by atoms with Gasteiger partial charge in [0.15, 0.2) is 0 Å². The molecule has 1 N–H and O–H groups in total. The zero-order valence-electron chi connectivity index (χ0n) is 5.06. The van der Waals surface area contributed by atoms with Gasteiger partial charge < -0.3 is 9.74 Å². The molecule has 0 aliphatic carbocycles. The number of hydrogen-bond donors (Lipinski definition) is 1. The van der Waals surface area contributed by atoms with Crippen LogP contribution in [-0.2, 0) is 4.42 Å². The number of hydrogen-bond acceptors (Lipinski definition) is 1. The number of allylic oxidation sites excluding steroid dienone is 1. The third-order valence-electron chi connectivity index (χ3n) is 1.01. The van der Waals surface area contributed by atoms with Crippen LogP contribution in [0.15, 0.2) is 11.3 Å². The van der Waals surface area contributed by atoms with Crippen molar-refractivity contribution in [3.05, 3.63) is 17.9 Å². The normalized spacial score (nSPS) is 15.5. The quantitative estimate of drug-likeness (QED) is 0.271. The lowest BCUT2D eigenvalue weighted by molar-refractivity contribution is -0.391. The Morgan fingerprint density at radius 2 is 2.50 bits per heavy atom. The summed E-state index contributed by atoms with van der Waals surface area (Å²) in [6.07, 6.45) is 1.56. The molecule has 8 heavy (non-hydrogen) atoms. The molecular formula is C6H9NO. The van der Waals surface area contributed by atoms with Gasteiger partial charge in [-0.1, -0.05) is 13.8 Å². The summed E-state index contributed by atoms with van der Waals surface area (Å²) < 4.78 is 4.80. The number of nitrogens with one attached hydrogen (secondary N) is 1. The molecule has 0 atom stereocenters. The standard InChI is InChI=1S/C6H9NO/c1-5(2)6-3-8-4-7-6/h3-4,7H,1-2H3. The highest BCUT2D eigenvalue weighted by Crippen LogP contribution is 2.03. The van der Waals surface area contributed by atoms with Crippen molar-refractivity contribution in [3.8, 4) is 0 Å². The molecule has 1 rings (SSSR count). The van der Waals surface area contributed by atoms with E-state index in [9.17, 15) is 0 Å². The first-order valence-electron chi connectivity index (χ1n) is 2.55. The second-order valence-electron chi connectivity index (χ2n) is 1.93. The number of carbonyl (C=O) groups excluding carboxylic acids is 1. The molecule has 0 fully saturated rings. The molecule has 0 spiro atoms. The van der Waals surface area contributed by atoms with Crippen LogP contribution >= 0.6 is 0 Å². The zero-order valence-corrected chi connectivity index (χ0v) is 5.06. The summed E-state index contributed by atoms with van der Waals surface area (Å²) in [6.45, 7) is 5.75. The van der Waals surface area contributed by atoms with Crippen LogP contribution in [0.25, 0.3) is 0 Å². The summed E-state index contributed by atoms with van der Waals surface area (Å²) >= 11 is 0. The molecule has 1 aliphatic rings. The maximum absolute atomic E-state index is 4.80. The van der Waals surface area contributed by atoms with Crippen LogP contribution in [0.2, 0.25) is 0 Å². The first-order valence-corrected chi connectivity index (χ1v) is 2.55. The number of rotatable bonds is 0. The van der Waals surface area contributed by atoms with Gasteiger partial charge in [0.25, 0.3) is 6.41 Å². The Labute approximate surface area is 48.9 Å². The fraction of sp³-hybridized carbons (Fsp3) is 0.333. The highest BCUT2D eigenvalue weighted by atomic mass is 16.4. The molecule has 1 heterocycles. The van der Waals surface area contributed by atoms with Gasteiger partial charge in [0.1, 0.15) is 0 Å². The van der Waals surface area contributed by atoms with E-state index in [-0.39, 0.29) is 0 Å². The van der Waals surface area contributed by atoms with E-state index in [4.69, 9.17) is 4.42 Å². The molecule has 1 aliphatic heterocycles. The van der Waals surface area contributed by atoms with Crippen molar-refractivity contribution in [1.82, 2.24) is 5.32 Å². The summed E-state index contributed by atoms with van der Waals surface area (Å²) in [5.41, 5.74) is 2.30. The minimum atomic E-state index is 1.06. The average Bonchev–Trinajstić information content (AvgIpc) is 2.12. The lowest BCUT2D eigenvalue weighted by atomic mass is 10.3. The molecule has 44 valence electrons. The van der Waals surface area contributed by atoms with Crippen LogP contribution in [0, 0.1) is 6.61 Å². The Hall–Kier alpha value is -0.920. The highest BCUT2D eigenvalue weighted by molar-refractivity contribution is 5.55. The topological polar surface area (TPSA) is 23.3 Å². The molecule has 0 radical (unpaired) electrons. The monoisotopic (exact) mass is 111 g/mol. The van der Waals surface area contributed by atoms with E-state index in [2.05, 4.69) is 5.32 Å². The molecule has 0 aromatic rings. The van der Waals surface area contributed by atoms with Crippen molar-refractivity contribution in [1.29, 1.82) is 0 Å². The fourth-order valence-corrected chi connectivity index (χ4v) is 0.496. The molecule has 0 amide bonds. The Bertz CT molecular complexity index is 133. The lowest BCUT2D eigenvalue weighted by Gasteiger charge is -1.97. The van der Waals surface area contributed by atoms with Crippen LogP contribution in [-0.4, -0.2) is 6.41 Å². The maximum Gasteiger partial charge on any atom is 0.293 e. The molecule has 0 aromatic heterocycles. The van der Waals surface area contributed by atoms with Crippen LogP contribution < -0.4 is 5.32 Å². The van der Waals surface area contributed by atoms with Gasteiger partial charge >= 0.3 is 0 Å². The predicted molar refractivity (Wildman–Crippen MR) is 31.9 cm³/mol. The lowest BCUT2D eigenvalue weighted by Crippen LogP contribution is -2.03. The summed E-state index contributed by atoms with van der Waals surface area (Å²) in [7, 11) is 0. The van der Waals surface area contributed by atoms with Crippen LogP contribution in [0.1, 0.15) is 13.8 Å². The average molecular weight is 111 g/mol. The molecule has 2 nitrogen and oxygen atoms in total. The van der Waals surface area contributed by atoms with Gasteiger partial charge in [-0.05, 0) is 0 Å². The second kappa shape index (κ2) is 1.90. The van der Waals surface area contributed by atoms with Gasteiger partial charge in [-0.3, -0.25) is 0 Å². The minimum absolute atomic E-state index is 1.06. The van der Waals surface area contributed by atoms with Crippen molar-refractivity contribution in [2.45, 2.75) is 13.8 Å². The van der Waals surface area contributed by atoms with Crippen molar-refractivity contribution in [3.63, 3.8) is 0 Å². The maximum atomic E-state index is 4.80. The first kappa shape index (κ1) is 5.22. The Morgan fingerprint density at radius 3 is 2.75 bits per heavy atom. The second-order valence-corrected chi connectivity index (χ2v) is 1.93. The van der Waals surface area contributed by atoms with Crippen LogP contribution in [0.5, 0.6) is 0 Å². The molecule has 0 saturated carbocycles. The minimum Gasteiger partial charge on any atom is -0.348 e. The van der Waals surface area contributed by atoms with Crippen molar-refractivity contribution < 1.29 is 4.42 Å². The van der Waals surface area contributed by atoms with Gasteiger partial charge in [-0.15, -0.1) is 5.57 Å². The Balaban J connectivity index is 2.64. The van der Waals surface area contributed by atoms with Crippen molar-refractivity contribution >= 4 is 6.41 Å². The Morgan fingerprint density at radius 1 is 1.75 bits per heavy atom. The van der Waals surface area contributed by atoms with Crippen molar-refractivity contribution in [2.75, 3.05) is 0 Å². The molecule has 0 saturated heterocycles. The molecular weight excluding hydrogens is 102 g/mol. The smallest absolute Gasteiger partial charge is 0.293 e. The molecule has 2 heteroatoms. The van der Waals surface area contributed by atoms with Gasteiger partial charge in [0, 0.05) is 5.70 Å².